The number of carboxylic acids is 1. The van der Waals surface area contributed by atoms with Crippen molar-refractivity contribution in [3.05, 3.63) is 48.2 Å². The number of nitrogens with zero attached hydrogens (tertiary/aromatic N) is 1. The molecule has 2 atom stereocenters. The Morgan fingerprint density at radius 2 is 1.93 bits per heavy atom. The summed E-state index contributed by atoms with van der Waals surface area (Å²) in [6.07, 6.45) is 4.39. The van der Waals surface area contributed by atoms with E-state index in [0.29, 0.717) is 30.1 Å². The summed E-state index contributed by atoms with van der Waals surface area (Å²) in [6, 6.07) is 8.71. The molecule has 0 bridgehead atoms. The number of benzene rings is 1. The van der Waals surface area contributed by atoms with Crippen molar-refractivity contribution < 1.29 is 24.0 Å². The van der Waals surface area contributed by atoms with Crippen LogP contribution in [-0.2, 0) is 14.4 Å². The number of aliphatic carboxylic acids is 1. The number of carbonyl (C=O) groups is 3. The van der Waals surface area contributed by atoms with Gasteiger partial charge in [0.2, 0.25) is 11.8 Å². The van der Waals surface area contributed by atoms with E-state index in [-0.39, 0.29) is 17.6 Å². The Kier molecular flexibility index (Phi) is 6.71. The first-order valence-corrected chi connectivity index (χ1v) is 10.1. The maximum atomic E-state index is 12.6. The number of hydrogen-bond donors (Lipinski definition) is 3. The van der Waals surface area contributed by atoms with Gasteiger partial charge in [-0.15, -0.1) is 11.8 Å². The fourth-order valence-corrected chi connectivity index (χ4v) is 3.78. The minimum Gasteiger partial charge on any atom is -0.481 e. The maximum absolute atomic E-state index is 12.6. The molecule has 0 aliphatic heterocycles. The lowest BCUT2D eigenvalue weighted by Crippen LogP contribution is -2.34. The molecule has 9 heteroatoms. The molecule has 2 amide bonds. The molecule has 1 aromatic carbocycles. The van der Waals surface area contributed by atoms with Crippen molar-refractivity contribution in [3.8, 4) is 0 Å². The number of anilines is 2. The van der Waals surface area contributed by atoms with Crippen LogP contribution in [0.15, 0.2) is 51.9 Å². The van der Waals surface area contributed by atoms with Crippen LogP contribution >= 0.6 is 11.8 Å². The van der Waals surface area contributed by atoms with E-state index in [1.807, 2.05) is 12.1 Å². The first kappa shape index (κ1) is 20.7. The van der Waals surface area contributed by atoms with Crippen LogP contribution in [0.1, 0.15) is 18.6 Å². The summed E-state index contributed by atoms with van der Waals surface area (Å²) in [6.45, 7) is 1.74. The molecule has 1 aliphatic carbocycles. The van der Waals surface area contributed by atoms with Gasteiger partial charge in [-0.3, -0.25) is 14.4 Å². The first-order chi connectivity index (χ1) is 13.9. The Labute approximate surface area is 171 Å². The number of aryl methyl sites for hydroxylation is 1. The Hall–Kier alpha value is -3.07. The van der Waals surface area contributed by atoms with Crippen molar-refractivity contribution in [2.75, 3.05) is 16.4 Å². The van der Waals surface area contributed by atoms with Gasteiger partial charge in [-0.1, -0.05) is 23.4 Å². The van der Waals surface area contributed by atoms with E-state index in [1.165, 1.54) is 11.8 Å². The molecule has 0 spiro atoms. The summed E-state index contributed by atoms with van der Waals surface area (Å²) in [5, 5.41) is 18.5. The largest absolute Gasteiger partial charge is 0.481 e. The zero-order chi connectivity index (χ0) is 20.8. The summed E-state index contributed by atoms with van der Waals surface area (Å²) in [7, 11) is 0. The second-order valence-electron chi connectivity index (χ2n) is 6.67. The zero-order valence-corrected chi connectivity index (χ0v) is 16.6. The second-order valence-corrected chi connectivity index (χ2v) is 7.72. The summed E-state index contributed by atoms with van der Waals surface area (Å²) < 4.78 is 4.90. The van der Waals surface area contributed by atoms with E-state index in [9.17, 15) is 19.5 Å². The number of thioether (sulfide) groups is 1. The van der Waals surface area contributed by atoms with Crippen LogP contribution in [0.4, 0.5) is 11.5 Å². The van der Waals surface area contributed by atoms with E-state index in [2.05, 4.69) is 15.8 Å². The van der Waals surface area contributed by atoms with E-state index in [0.717, 1.165) is 4.90 Å². The van der Waals surface area contributed by atoms with Gasteiger partial charge in [0.05, 0.1) is 17.6 Å². The molecule has 2 aromatic rings. The van der Waals surface area contributed by atoms with Crippen molar-refractivity contribution in [1.29, 1.82) is 0 Å². The molecule has 2 unspecified atom stereocenters. The molecule has 3 rings (SSSR count). The Balaban J connectivity index is 1.56. The Morgan fingerprint density at radius 3 is 2.62 bits per heavy atom. The van der Waals surface area contributed by atoms with Gasteiger partial charge >= 0.3 is 5.97 Å². The molecule has 29 heavy (non-hydrogen) atoms. The molecule has 0 saturated carbocycles. The van der Waals surface area contributed by atoms with Gasteiger partial charge in [-0.25, -0.2) is 0 Å². The van der Waals surface area contributed by atoms with Crippen molar-refractivity contribution in [1.82, 2.24) is 5.16 Å². The Bertz CT molecular complexity index is 940. The van der Waals surface area contributed by atoms with Gasteiger partial charge in [-0.2, -0.15) is 0 Å². The van der Waals surface area contributed by atoms with Crippen molar-refractivity contribution in [2.24, 2.45) is 11.8 Å². The van der Waals surface area contributed by atoms with Gasteiger partial charge in [0.25, 0.3) is 0 Å². The van der Waals surface area contributed by atoms with Gasteiger partial charge in [0, 0.05) is 16.6 Å². The summed E-state index contributed by atoms with van der Waals surface area (Å²) >= 11 is 1.31. The van der Waals surface area contributed by atoms with Crippen molar-refractivity contribution >= 4 is 41.1 Å². The third-order valence-corrected chi connectivity index (χ3v) is 5.45. The van der Waals surface area contributed by atoms with E-state index in [4.69, 9.17) is 4.52 Å². The number of nitrogens with one attached hydrogen (secondary N) is 2. The summed E-state index contributed by atoms with van der Waals surface area (Å²) in [5.41, 5.74) is 0.561. The van der Waals surface area contributed by atoms with E-state index < -0.39 is 17.8 Å². The summed E-state index contributed by atoms with van der Waals surface area (Å²) in [5.74, 6) is -1.70. The number of allylic oxidation sites excluding steroid dienone is 2. The highest BCUT2D eigenvalue weighted by atomic mass is 32.2. The number of amides is 2. The highest BCUT2D eigenvalue weighted by Crippen LogP contribution is 2.28. The van der Waals surface area contributed by atoms with Gasteiger partial charge in [-0.05, 0) is 38.0 Å². The fraction of sp³-hybridized carbons (Fsp3) is 0.300. The second kappa shape index (κ2) is 9.42. The van der Waals surface area contributed by atoms with Crippen LogP contribution in [0.2, 0.25) is 0 Å². The predicted octanol–water partition coefficient (Wildman–Crippen LogP) is 3.32. The van der Waals surface area contributed by atoms with Crippen molar-refractivity contribution in [3.63, 3.8) is 0 Å². The molecule has 3 N–H and O–H groups in total. The molecular weight excluding hydrogens is 394 g/mol. The number of hydrogen-bond acceptors (Lipinski definition) is 6. The first-order valence-electron chi connectivity index (χ1n) is 9.07. The van der Waals surface area contributed by atoms with Crippen LogP contribution in [-0.4, -0.2) is 33.8 Å². The van der Waals surface area contributed by atoms with Crippen LogP contribution in [0.3, 0.4) is 0 Å². The van der Waals surface area contributed by atoms with Gasteiger partial charge < -0.3 is 20.3 Å². The molecule has 0 saturated heterocycles. The average molecular weight is 415 g/mol. The monoisotopic (exact) mass is 415 g/mol. The normalized spacial score (nSPS) is 18.2. The number of carbonyl (C=O) groups excluding carboxylic acids is 2. The number of rotatable bonds is 7. The molecule has 152 valence electrons. The smallest absolute Gasteiger partial charge is 0.307 e. The van der Waals surface area contributed by atoms with Gasteiger partial charge in [0.1, 0.15) is 5.76 Å². The SMILES string of the molecule is Cc1cc(NC(=O)CSc2cccc(NC(=O)C3CC=CCC3C(=O)O)c2)no1. The molecule has 1 aliphatic rings. The maximum Gasteiger partial charge on any atom is 0.307 e. The summed E-state index contributed by atoms with van der Waals surface area (Å²) in [4.78, 5) is 36.8. The van der Waals surface area contributed by atoms with Gasteiger partial charge in [0.15, 0.2) is 5.82 Å². The lowest BCUT2D eigenvalue weighted by Gasteiger charge is -2.24. The standard InChI is InChI=1S/C20H21N3O5S/c1-12-9-17(23-28-12)22-18(24)11-29-14-6-4-5-13(10-14)21-19(25)15-7-2-3-8-16(15)20(26)27/h2-6,9-10,15-16H,7-8,11H2,1H3,(H,21,25)(H,26,27)(H,22,23,24). The number of aromatic nitrogens is 1. The minimum absolute atomic E-state index is 0.164. The fourth-order valence-electron chi connectivity index (χ4n) is 3.03. The predicted molar refractivity (Wildman–Crippen MR) is 109 cm³/mol. The molecule has 0 fully saturated rings. The third-order valence-electron chi connectivity index (χ3n) is 4.45. The quantitative estimate of drug-likeness (QED) is 0.468. The number of carboxylic acid groups (broad SMARTS) is 1. The molecular formula is C20H21N3O5S. The average Bonchev–Trinajstić information content (AvgIpc) is 3.11. The lowest BCUT2D eigenvalue weighted by atomic mass is 9.82. The minimum atomic E-state index is -0.966. The molecule has 8 nitrogen and oxygen atoms in total. The van der Waals surface area contributed by atoms with Crippen LogP contribution in [0.5, 0.6) is 0 Å². The van der Waals surface area contributed by atoms with Crippen LogP contribution in [0.25, 0.3) is 0 Å². The van der Waals surface area contributed by atoms with Crippen molar-refractivity contribution in [2.45, 2.75) is 24.7 Å². The highest BCUT2D eigenvalue weighted by Gasteiger charge is 2.33. The third kappa shape index (κ3) is 5.71. The topological polar surface area (TPSA) is 122 Å². The zero-order valence-electron chi connectivity index (χ0n) is 15.8. The van der Waals surface area contributed by atoms with Crippen LogP contribution < -0.4 is 10.6 Å². The Morgan fingerprint density at radius 1 is 1.17 bits per heavy atom. The molecule has 0 radical (unpaired) electrons. The molecule has 1 aromatic heterocycles. The molecule has 1 heterocycles. The van der Waals surface area contributed by atoms with Crippen LogP contribution in [0, 0.1) is 18.8 Å². The van der Waals surface area contributed by atoms with E-state index >= 15 is 0 Å². The lowest BCUT2D eigenvalue weighted by molar-refractivity contribution is -0.146. The highest BCUT2D eigenvalue weighted by molar-refractivity contribution is 8.00. The van der Waals surface area contributed by atoms with E-state index in [1.54, 1.807) is 37.3 Å².